The molecule has 112 valence electrons. The third-order valence-corrected chi connectivity index (χ3v) is 3.79. The number of aliphatic hydroxyl groups is 1. The van der Waals surface area contributed by atoms with Crippen molar-refractivity contribution in [3.05, 3.63) is 46.7 Å². The number of rotatable bonds is 1. The summed E-state index contributed by atoms with van der Waals surface area (Å²) in [5, 5.41) is 8.99. The van der Waals surface area contributed by atoms with Crippen LogP contribution in [0, 0.1) is 0 Å². The molecular weight excluding hydrogens is 268 g/mol. The molecule has 5 nitrogen and oxygen atoms in total. The summed E-state index contributed by atoms with van der Waals surface area (Å²) >= 11 is 0. The van der Waals surface area contributed by atoms with E-state index in [1.807, 2.05) is 0 Å². The number of likely N-dealkylation sites (N-methyl/N-ethyl adjacent to an activating group) is 1. The lowest BCUT2D eigenvalue weighted by Crippen LogP contribution is -2.23. The number of hydrogen-bond donors (Lipinski definition) is 2. The van der Waals surface area contributed by atoms with Crippen molar-refractivity contribution in [3.8, 4) is 0 Å². The molecule has 0 saturated carbocycles. The number of benzene rings is 1. The molecular formula is C16H20N2O3. The van der Waals surface area contributed by atoms with E-state index in [-0.39, 0.29) is 12.1 Å². The molecule has 1 aromatic rings. The lowest BCUT2D eigenvalue weighted by molar-refractivity contribution is -0.126. The molecule has 3 rings (SSSR count). The molecule has 1 aliphatic carbocycles. The van der Waals surface area contributed by atoms with E-state index in [1.165, 1.54) is 37.6 Å². The summed E-state index contributed by atoms with van der Waals surface area (Å²) in [6, 6.07) is 8.80. The predicted molar refractivity (Wildman–Crippen MR) is 79.6 cm³/mol. The molecule has 1 aromatic carbocycles. The van der Waals surface area contributed by atoms with Crippen LogP contribution in [0.3, 0.4) is 0 Å². The van der Waals surface area contributed by atoms with Crippen molar-refractivity contribution in [1.82, 2.24) is 4.90 Å². The zero-order chi connectivity index (χ0) is 15.4. The number of carbonyl (C=O) groups excluding carboxylic acids is 2. The highest BCUT2D eigenvalue weighted by molar-refractivity contribution is 6.06. The standard InChI is InChI=1S/C10H12.C6H8N2O3/c1-2-6-10-8-4-3-7-9(10)5-1;1-8-2-3(5(7)10)4(9)6(8)11/h1-2,5-6H,3-4,7-8H2;9H,2H2,1H3,(H2,7,10). The van der Waals surface area contributed by atoms with Gasteiger partial charge in [0.25, 0.3) is 5.91 Å². The molecule has 0 radical (unpaired) electrons. The molecule has 1 aliphatic heterocycles. The van der Waals surface area contributed by atoms with E-state index in [1.54, 1.807) is 11.1 Å². The summed E-state index contributed by atoms with van der Waals surface area (Å²) in [7, 11) is 1.48. The van der Waals surface area contributed by atoms with E-state index in [0.717, 1.165) is 0 Å². The first-order chi connectivity index (χ1) is 10.0. The van der Waals surface area contributed by atoms with Crippen LogP contribution >= 0.6 is 0 Å². The van der Waals surface area contributed by atoms with Gasteiger partial charge in [0.1, 0.15) is 0 Å². The van der Waals surface area contributed by atoms with Crippen LogP contribution in [0.2, 0.25) is 0 Å². The van der Waals surface area contributed by atoms with Crippen LogP contribution in [0.4, 0.5) is 0 Å². The molecule has 1 heterocycles. The second kappa shape index (κ2) is 6.43. The van der Waals surface area contributed by atoms with Crippen molar-refractivity contribution in [3.63, 3.8) is 0 Å². The van der Waals surface area contributed by atoms with Gasteiger partial charge in [-0.1, -0.05) is 24.3 Å². The Morgan fingerprint density at radius 3 is 2.05 bits per heavy atom. The average molecular weight is 288 g/mol. The van der Waals surface area contributed by atoms with Gasteiger partial charge in [0.05, 0.1) is 12.1 Å². The van der Waals surface area contributed by atoms with Gasteiger partial charge in [0.15, 0.2) is 5.76 Å². The molecule has 3 N–H and O–H groups in total. The lowest BCUT2D eigenvalue weighted by Gasteiger charge is -2.13. The largest absolute Gasteiger partial charge is 0.503 e. The van der Waals surface area contributed by atoms with Crippen molar-refractivity contribution in [2.24, 2.45) is 5.73 Å². The monoisotopic (exact) mass is 288 g/mol. The number of aryl methyl sites for hydroxylation is 2. The molecule has 0 atom stereocenters. The maximum absolute atomic E-state index is 10.8. The van der Waals surface area contributed by atoms with E-state index < -0.39 is 17.6 Å². The van der Waals surface area contributed by atoms with Gasteiger partial charge < -0.3 is 15.7 Å². The van der Waals surface area contributed by atoms with E-state index in [4.69, 9.17) is 10.8 Å². The summed E-state index contributed by atoms with van der Waals surface area (Å²) in [5.74, 6) is -1.83. The van der Waals surface area contributed by atoms with Gasteiger partial charge in [0, 0.05) is 7.05 Å². The number of nitrogens with zero attached hydrogens (tertiary/aromatic N) is 1. The van der Waals surface area contributed by atoms with E-state index in [2.05, 4.69) is 24.3 Å². The fourth-order valence-electron chi connectivity index (χ4n) is 2.56. The maximum Gasteiger partial charge on any atom is 0.289 e. The van der Waals surface area contributed by atoms with Crippen LogP contribution in [0.25, 0.3) is 0 Å². The summed E-state index contributed by atoms with van der Waals surface area (Å²) in [6.45, 7) is 0.0972. The Kier molecular flexibility index (Phi) is 4.62. The van der Waals surface area contributed by atoms with Crippen molar-refractivity contribution >= 4 is 11.8 Å². The van der Waals surface area contributed by atoms with Gasteiger partial charge in [0.2, 0.25) is 5.91 Å². The van der Waals surface area contributed by atoms with Gasteiger partial charge in [-0.15, -0.1) is 0 Å². The Balaban J connectivity index is 0.000000154. The first kappa shape index (κ1) is 15.1. The Labute approximate surface area is 124 Å². The predicted octanol–water partition coefficient (Wildman–Crippen LogP) is 1.32. The minimum atomic E-state index is -0.750. The summed E-state index contributed by atoms with van der Waals surface area (Å²) < 4.78 is 0. The Bertz CT molecular complexity index is 568. The van der Waals surface area contributed by atoms with Gasteiger partial charge in [-0.25, -0.2) is 0 Å². The highest BCUT2D eigenvalue weighted by Crippen LogP contribution is 2.19. The van der Waals surface area contributed by atoms with Gasteiger partial charge in [-0.05, 0) is 36.8 Å². The molecule has 21 heavy (non-hydrogen) atoms. The maximum atomic E-state index is 10.8. The number of aliphatic hydroxyl groups excluding tert-OH is 1. The SMILES string of the molecule is CN1CC(C(N)=O)=C(O)C1=O.c1ccc2c(c1)CCCC2. The zero-order valence-electron chi connectivity index (χ0n) is 12.1. The number of amides is 2. The number of nitrogens with two attached hydrogens (primary N) is 1. The first-order valence-corrected chi connectivity index (χ1v) is 7.05. The Morgan fingerprint density at radius 1 is 1.19 bits per heavy atom. The lowest BCUT2D eigenvalue weighted by atomic mass is 9.92. The van der Waals surface area contributed by atoms with Crippen molar-refractivity contribution < 1.29 is 14.7 Å². The molecule has 2 aliphatic rings. The Morgan fingerprint density at radius 2 is 1.71 bits per heavy atom. The zero-order valence-corrected chi connectivity index (χ0v) is 12.1. The number of fused-ring (bicyclic) bond motifs is 1. The molecule has 0 fully saturated rings. The molecule has 5 heteroatoms. The van der Waals surface area contributed by atoms with Crippen molar-refractivity contribution in [1.29, 1.82) is 0 Å². The fourth-order valence-corrected chi connectivity index (χ4v) is 2.56. The second-order valence-corrected chi connectivity index (χ2v) is 5.33. The van der Waals surface area contributed by atoms with Gasteiger partial charge in [-0.3, -0.25) is 9.59 Å². The summed E-state index contributed by atoms with van der Waals surface area (Å²) in [5.41, 5.74) is 8.02. The van der Waals surface area contributed by atoms with E-state index in [0.29, 0.717) is 0 Å². The normalized spacial score (nSPS) is 17.2. The number of carbonyl (C=O) groups is 2. The molecule has 0 saturated heterocycles. The average Bonchev–Trinajstić information content (AvgIpc) is 2.76. The quantitative estimate of drug-likeness (QED) is 0.817. The second-order valence-electron chi connectivity index (χ2n) is 5.33. The van der Waals surface area contributed by atoms with Crippen LogP contribution in [0.5, 0.6) is 0 Å². The van der Waals surface area contributed by atoms with Crippen molar-refractivity contribution in [2.75, 3.05) is 13.6 Å². The number of primary amides is 1. The highest BCUT2D eigenvalue weighted by atomic mass is 16.3. The minimum Gasteiger partial charge on any atom is -0.503 e. The highest BCUT2D eigenvalue weighted by Gasteiger charge is 2.29. The number of hydrogen-bond acceptors (Lipinski definition) is 3. The molecule has 0 spiro atoms. The van der Waals surface area contributed by atoms with Crippen LogP contribution in [0.15, 0.2) is 35.6 Å². The summed E-state index contributed by atoms with van der Waals surface area (Å²) in [4.78, 5) is 22.6. The molecule has 0 bridgehead atoms. The van der Waals surface area contributed by atoms with Crippen LogP contribution in [-0.2, 0) is 22.4 Å². The molecule has 2 amide bonds. The van der Waals surface area contributed by atoms with Gasteiger partial charge in [-0.2, -0.15) is 0 Å². The third-order valence-electron chi connectivity index (χ3n) is 3.79. The minimum absolute atomic E-state index is 0.0162. The van der Waals surface area contributed by atoms with E-state index in [9.17, 15) is 9.59 Å². The van der Waals surface area contributed by atoms with Crippen LogP contribution in [0.1, 0.15) is 24.0 Å². The third kappa shape index (κ3) is 3.42. The van der Waals surface area contributed by atoms with Crippen LogP contribution < -0.4 is 5.73 Å². The Hall–Kier alpha value is -2.30. The van der Waals surface area contributed by atoms with Crippen LogP contribution in [-0.4, -0.2) is 35.4 Å². The first-order valence-electron chi connectivity index (χ1n) is 7.05. The van der Waals surface area contributed by atoms with E-state index >= 15 is 0 Å². The fraction of sp³-hybridized carbons (Fsp3) is 0.375. The molecule has 0 aromatic heterocycles. The topological polar surface area (TPSA) is 83.6 Å². The van der Waals surface area contributed by atoms with Gasteiger partial charge >= 0.3 is 0 Å². The van der Waals surface area contributed by atoms with Crippen molar-refractivity contribution in [2.45, 2.75) is 25.7 Å². The summed E-state index contributed by atoms with van der Waals surface area (Å²) in [6.07, 6.45) is 5.38. The smallest absolute Gasteiger partial charge is 0.289 e. The molecule has 0 unspecified atom stereocenters.